The van der Waals surface area contributed by atoms with E-state index in [9.17, 15) is 9.59 Å². The van der Waals surface area contributed by atoms with E-state index in [0.717, 1.165) is 12.8 Å². The number of hydrogen-bond donors (Lipinski definition) is 2. The fourth-order valence-electron chi connectivity index (χ4n) is 4.65. The molecule has 1 aromatic heterocycles. The second-order valence-electron chi connectivity index (χ2n) is 9.10. The summed E-state index contributed by atoms with van der Waals surface area (Å²) in [6.07, 6.45) is 3.23. The van der Waals surface area contributed by atoms with Crippen LogP contribution in [0.15, 0.2) is 24.4 Å². The second-order valence-corrected chi connectivity index (χ2v) is 9.10. The number of esters is 2. The van der Waals surface area contributed by atoms with Gasteiger partial charge in [0.1, 0.15) is 5.56 Å². The molecule has 0 radical (unpaired) electrons. The Morgan fingerprint density at radius 3 is 2.40 bits per heavy atom. The largest absolute Gasteiger partial charge is 0.465 e. The van der Waals surface area contributed by atoms with Crippen LogP contribution in [0.4, 0.5) is 5.69 Å². The number of fused-ring (bicyclic) bond motifs is 1. The fraction of sp³-hybridized carbons (Fsp3) is 0.522. The summed E-state index contributed by atoms with van der Waals surface area (Å²) in [7, 11) is 1.34. The molecule has 7 heteroatoms. The van der Waals surface area contributed by atoms with Gasteiger partial charge >= 0.3 is 11.9 Å². The Hall–Kier alpha value is -2.67. The Labute approximate surface area is 177 Å². The van der Waals surface area contributed by atoms with Crippen molar-refractivity contribution in [1.82, 2.24) is 10.3 Å². The third-order valence-electron chi connectivity index (χ3n) is 5.34. The van der Waals surface area contributed by atoms with Crippen LogP contribution >= 0.6 is 0 Å². The zero-order valence-electron chi connectivity index (χ0n) is 18.6. The van der Waals surface area contributed by atoms with Crippen LogP contribution in [0.1, 0.15) is 68.2 Å². The van der Waals surface area contributed by atoms with Crippen molar-refractivity contribution in [3.05, 3.63) is 35.5 Å². The van der Waals surface area contributed by atoms with Crippen molar-refractivity contribution in [3.8, 4) is 0 Å². The molecule has 0 spiro atoms. The molecule has 2 N–H and O–H groups in total. The molecule has 0 bridgehead atoms. The number of piperidine rings is 1. The maximum absolute atomic E-state index is 12.7. The van der Waals surface area contributed by atoms with Crippen molar-refractivity contribution >= 4 is 28.5 Å². The standard InChI is InChI=1S/C23H31N3O4/c1-7-30-21(28)17-13-24-18-15(9-8-10-16(18)20(27)29-6)19(17)25-14-11-22(2,3)26-23(4,5)12-14/h8-10,13-14,26H,7,11-12H2,1-6H3,(H,24,25). The first-order chi connectivity index (χ1) is 14.1. The van der Waals surface area contributed by atoms with E-state index in [-0.39, 0.29) is 23.7 Å². The lowest BCUT2D eigenvalue weighted by molar-refractivity contribution is 0.0526. The summed E-state index contributed by atoms with van der Waals surface area (Å²) >= 11 is 0. The zero-order valence-corrected chi connectivity index (χ0v) is 18.6. The van der Waals surface area contributed by atoms with Gasteiger partial charge in [0.05, 0.1) is 30.5 Å². The highest BCUT2D eigenvalue weighted by Gasteiger charge is 2.38. The van der Waals surface area contributed by atoms with Crippen LogP contribution in [-0.2, 0) is 9.47 Å². The summed E-state index contributed by atoms with van der Waals surface area (Å²) in [5.41, 5.74) is 1.72. The lowest BCUT2D eigenvalue weighted by Gasteiger charge is -2.47. The number of carbonyl (C=O) groups excluding carboxylic acids is 2. The molecule has 0 atom stereocenters. The SMILES string of the molecule is CCOC(=O)c1cnc2c(C(=O)OC)cccc2c1NC1CC(C)(C)NC(C)(C)C1. The number of anilines is 1. The minimum Gasteiger partial charge on any atom is -0.465 e. The molecule has 162 valence electrons. The number of ether oxygens (including phenoxy) is 2. The number of nitrogens with one attached hydrogen (secondary N) is 2. The summed E-state index contributed by atoms with van der Waals surface area (Å²) in [5, 5.41) is 7.96. The predicted octanol–water partition coefficient (Wildman–Crippen LogP) is 3.92. The van der Waals surface area contributed by atoms with Crippen molar-refractivity contribution in [2.75, 3.05) is 19.0 Å². The quantitative estimate of drug-likeness (QED) is 0.718. The van der Waals surface area contributed by atoms with Crippen LogP contribution in [0.5, 0.6) is 0 Å². The zero-order chi connectivity index (χ0) is 22.1. The molecule has 2 heterocycles. The van der Waals surface area contributed by atoms with Gasteiger partial charge in [-0.2, -0.15) is 0 Å². The Bertz CT molecular complexity index is 952. The summed E-state index contributed by atoms with van der Waals surface area (Å²) in [5.74, 6) is -0.905. The highest BCUT2D eigenvalue weighted by molar-refractivity contribution is 6.10. The summed E-state index contributed by atoms with van der Waals surface area (Å²) < 4.78 is 10.2. The Morgan fingerprint density at radius 2 is 1.80 bits per heavy atom. The Balaban J connectivity index is 2.13. The first-order valence-corrected chi connectivity index (χ1v) is 10.3. The summed E-state index contributed by atoms with van der Waals surface area (Å²) in [6.45, 7) is 10.7. The van der Waals surface area contributed by atoms with Crippen molar-refractivity contribution in [3.63, 3.8) is 0 Å². The van der Waals surface area contributed by atoms with Gasteiger partial charge in [0.25, 0.3) is 0 Å². The Kier molecular flexibility index (Phi) is 6.04. The van der Waals surface area contributed by atoms with Gasteiger partial charge in [0.15, 0.2) is 0 Å². The van der Waals surface area contributed by atoms with Crippen LogP contribution in [0, 0.1) is 0 Å². The van der Waals surface area contributed by atoms with Crippen molar-refractivity contribution in [2.24, 2.45) is 0 Å². The van der Waals surface area contributed by atoms with E-state index in [1.54, 1.807) is 19.1 Å². The second kappa shape index (κ2) is 8.22. The van der Waals surface area contributed by atoms with Crippen LogP contribution in [-0.4, -0.2) is 47.8 Å². The first-order valence-electron chi connectivity index (χ1n) is 10.3. The van der Waals surface area contributed by atoms with E-state index >= 15 is 0 Å². The average Bonchev–Trinajstić information content (AvgIpc) is 2.64. The van der Waals surface area contributed by atoms with Crippen LogP contribution in [0.3, 0.4) is 0 Å². The molecule has 1 aliphatic heterocycles. The molecular weight excluding hydrogens is 382 g/mol. The molecule has 0 saturated carbocycles. The van der Waals surface area contributed by atoms with E-state index in [0.29, 0.717) is 27.7 Å². The molecule has 0 aliphatic carbocycles. The highest BCUT2D eigenvalue weighted by atomic mass is 16.5. The third-order valence-corrected chi connectivity index (χ3v) is 5.34. The number of nitrogens with zero attached hydrogens (tertiary/aromatic N) is 1. The van der Waals surface area contributed by atoms with Gasteiger partial charge in [-0.15, -0.1) is 0 Å². The van der Waals surface area contributed by atoms with Gasteiger partial charge in [-0.25, -0.2) is 9.59 Å². The smallest absolute Gasteiger partial charge is 0.341 e. The topological polar surface area (TPSA) is 89.5 Å². The number of benzene rings is 1. The van der Waals surface area contributed by atoms with Crippen molar-refractivity contribution in [2.45, 2.75) is 64.6 Å². The molecule has 7 nitrogen and oxygen atoms in total. The monoisotopic (exact) mass is 413 g/mol. The number of hydrogen-bond acceptors (Lipinski definition) is 7. The molecule has 1 aromatic carbocycles. The third kappa shape index (κ3) is 4.56. The number of rotatable bonds is 5. The number of carbonyl (C=O) groups is 2. The van der Waals surface area contributed by atoms with Gasteiger partial charge in [-0.1, -0.05) is 12.1 Å². The van der Waals surface area contributed by atoms with E-state index < -0.39 is 11.9 Å². The first kappa shape index (κ1) is 22.0. The van der Waals surface area contributed by atoms with E-state index in [4.69, 9.17) is 9.47 Å². The number of aromatic nitrogens is 1. The minimum absolute atomic E-state index is 0.0660. The van der Waals surface area contributed by atoms with E-state index in [2.05, 4.69) is 43.3 Å². The maximum Gasteiger partial charge on any atom is 0.341 e. The van der Waals surface area contributed by atoms with Crippen LogP contribution < -0.4 is 10.6 Å². The molecular formula is C23H31N3O4. The lowest BCUT2D eigenvalue weighted by Crippen LogP contribution is -2.60. The van der Waals surface area contributed by atoms with Gasteiger partial charge in [0, 0.05) is 28.7 Å². The Morgan fingerprint density at radius 1 is 1.13 bits per heavy atom. The minimum atomic E-state index is -0.466. The molecule has 0 amide bonds. The van der Waals surface area contributed by atoms with Crippen molar-refractivity contribution in [1.29, 1.82) is 0 Å². The predicted molar refractivity (Wildman–Crippen MR) is 117 cm³/mol. The van der Waals surface area contributed by atoms with E-state index in [1.807, 2.05) is 6.07 Å². The molecule has 30 heavy (non-hydrogen) atoms. The fourth-order valence-corrected chi connectivity index (χ4v) is 4.65. The van der Waals surface area contributed by atoms with Gasteiger partial charge in [-0.05, 0) is 53.5 Å². The number of pyridine rings is 1. The maximum atomic E-state index is 12.7. The lowest BCUT2D eigenvalue weighted by atomic mass is 9.79. The van der Waals surface area contributed by atoms with Crippen molar-refractivity contribution < 1.29 is 19.1 Å². The summed E-state index contributed by atoms with van der Waals surface area (Å²) in [6, 6.07) is 5.42. The molecule has 1 fully saturated rings. The van der Waals surface area contributed by atoms with Gasteiger partial charge in [0.2, 0.25) is 0 Å². The average molecular weight is 414 g/mol. The molecule has 1 aliphatic rings. The molecule has 3 rings (SSSR count). The summed E-state index contributed by atoms with van der Waals surface area (Å²) in [4.78, 5) is 29.3. The van der Waals surface area contributed by atoms with E-state index in [1.165, 1.54) is 13.3 Å². The number of methoxy groups -OCH3 is 1. The molecule has 2 aromatic rings. The van der Waals surface area contributed by atoms with Gasteiger partial charge < -0.3 is 20.1 Å². The van der Waals surface area contributed by atoms with Crippen LogP contribution in [0.2, 0.25) is 0 Å². The van der Waals surface area contributed by atoms with Gasteiger partial charge in [-0.3, -0.25) is 4.98 Å². The molecule has 0 unspecified atom stereocenters. The number of para-hydroxylation sites is 1. The molecule has 1 saturated heterocycles. The van der Waals surface area contributed by atoms with Crippen LogP contribution in [0.25, 0.3) is 10.9 Å². The normalized spacial score (nSPS) is 18.1. The highest BCUT2D eigenvalue weighted by Crippen LogP contribution is 2.34.